The molecule has 6 heteroatoms. The minimum Gasteiger partial charge on any atom is -0.338 e. The molecule has 2 aromatic rings. The second-order valence-electron chi connectivity index (χ2n) is 7.27. The molecule has 0 aliphatic carbocycles. The van der Waals surface area contributed by atoms with Crippen LogP contribution in [0.2, 0.25) is 0 Å². The van der Waals surface area contributed by atoms with Gasteiger partial charge in [-0.3, -0.25) is 15.6 Å². The van der Waals surface area contributed by atoms with Crippen molar-refractivity contribution < 1.29 is 4.79 Å². The van der Waals surface area contributed by atoms with Crippen LogP contribution in [0, 0.1) is 5.92 Å². The molecule has 2 saturated heterocycles. The van der Waals surface area contributed by atoms with E-state index in [1.54, 1.807) is 11.8 Å². The maximum absolute atomic E-state index is 12.9. The van der Waals surface area contributed by atoms with E-state index in [9.17, 15) is 4.79 Å². The Bertz CT molecular complexity index is 762. The highest BCUT2D eigenvalue weighted by Crippen LogP contribution is 2.27. The van der Waals surface area contributed by atoms with Crippen LogP contribution in [0.25, 0.3) is 0 Å². The number of nitrogens with one attached hydrogen (secondary N) is 2. The second kappa shape index (κ2) is 8.42. The summed E-state index contributed by atoms with van der Waals surface area (Å²) >= 11 is 1.71. The number of hydrazine groups is 1. The number of thioether (sulfide) groups is 1. The van der Waals surface area contributed by atoms with Gasteiger partial charge in [0.15, 0.2) is 0 Å². The number of aromatic nitrogens is 1. The molecule has 0 spiro atoms. The maximum Gasteiger partial charge on any atom is 0.253 e. The molecule has 1 amide bonds. The number of carbonyl (C=O) groups is 1. The molecule has 0 saturated carbocycles. The predicted molar refractivity (Wildman–Crippen MR) is 108 cm³/mol. The van der Waals surface area contributed by atoms with Crippen LogP contribution in [0.15, 0.2) is 53.7 Å². The summed E-state index contributed by atoms with van der Waals surface area (Å²) in [6.07, 6.45) is 3.91. The molecule has 2 aliphatic rings. The summed E-state index contributed by atoms with van der Waals surface area (Å²) in [7, 11) is 0. The third-order valence-corrected chi connectivity index (χ3v) is 6.60. The molecule has 2 N–H and O–H groups in total. The molecule has 0 bridgehead atoms. The zero-order valence-corrected chi connectivity index (χ0v) is 16.4. The van der Waals surface area contributed by atoms with Crippen LogP contribution in [0.4, 0.5) is 0 Å². The first kappa shape index (κ1) is 18.5. The third-order valence-electron chi connectivity index (χ3n) is 5.58. The number of fused-ring (bicyclic) bond motifs is 1. The number of nitrogens with zero attached hydrogens (tertiary/aromatic N) is 2. The monoisotopic (exact) mass is 382 g/mol. The zero-order chi connectivity index (χ0) is 18.6. The number of pyridine rings is 1. The van der Waals surface area contributed by atoms with E-state index in [1.807, 2.05) is 41.4 Å². The van der Waals surface area contributed by atoms with Crippen LogP contribution in [-0.4, -0.2) is 41.0 Å². The van der Waals surface area contributed by atoms with E-state index in [-0.39, 0.29) is 5.91 Å². The van der Waals surface area contributed by atoms with E-state index in [2.05, 4.69) is 34.9 Å². The molecule has 3 atom stereocenters. The highest BCUT2D eigenvalue weighted by atomic mass is 32.2. The second-order valence-corrected chi connectivity index (χ2v) is 8.26. The Hall–Kier alpha value is -1.89. The summed E-state index contributed by atoms with van der Waals surface area (Å²) < 4.78 is 0. The lowest BCUT2D eigenvalue weighted by atomic mass is 9.87. The molecular weight excluding hydrogens is 356 g/mol. The fourth-order valence-electron chi connectivity index (χ4n) is 4.00. The topological polar surface area (TPSA) is 57.3 Å². The molecule has 27 heavy (non-hydrogen) atoms. The van der Waals surface area contributed by atoms with E-state index in [4.69, 9.17) is 0 Å². The smallest absolute Gasteiger partial charge is 0.253 e. The van der Waals surface area contributed by atoms with Crippen molar-refractivity contribution in [1.29, 1.82) is 0 Å². The Morgan fingerprint density at radius 2 is 2.07 bits per heavy atom. The van der Waals surface area contributed by atoms with Crippen LogP contribution in [0.1, 0.15) is 35.7 Å². The molecule has 5 nitrogen and oxygen atoms in total. The van der Waals surface area contributed by atoms with Gasteiger partial charge in [-0.15, -0.1) is 11.8 Å². The van der Waals surface area contributed by atoms with Crippen LogP contribution >= 0.6 is 11.8 Å². The number of likely N-dealkylation sites (tertiary alicyclic amines) is 1. The quantitative estimate of drug-likeness (QED) is 0.779. The van der Waals surface area contributed by atoms with Crippen LogP contribution in [0.5, 0.6) is 0 Å². The molecule has 3 heterocycles. The number of benzene rings is 1. The summed E-state index contributed by atoms with van der Waals surface area (Å²) in [5, 5.41) is 1.02. The lowest BCUT2D eigenvalue weighted by Gasteiger charge is -2.36. The lowest BCUT2D eigenvalue weighted by molar-refractivity contribution is 0.0652. The van der Waals surface area contributed by atoms with Gasteiger partial charge in [0.25, 0.3) is 5.91 Å². The summed E-state index contributed by atoms with van der Waals surface area (Å²) in [5.41, 5.74) is 8.77. The molecule has 2 fully saturated rings. The summed E-state index contributed by atoms with van der Waals surface area (Å²) in [6, 6.07) is 14.9. The first-order chi connectivity index (χ1) is 13.2. The third kappa shape index (κ3) is 4.18. The van der Waals surface area contributed by atoms with Crippen molar-refractivity contribution in [3.8, 4) is 0 Å². The van der Waals surface area contributed by atoms with Crippen molar-refractivity contribution in [3.63, 3.8) is 0 Å². The van der Waals surface area contributed by atoms with E-state index >= 15 is 0 Å². The van der Waals surface area contributed by atoms with Crippen molar-refractivity contribution in [1.82, 2.24) is 20.7 Å². The van der Waals surface area contributed by atoms with Gasteiger partial charge in [0.1, 0.15) is 0 Å². The van der Waals surface area contributed by atoms with Gasteiger partial charge in [-0.25, -0.2) is 4.98 Å². The fraction of sp³-hybridized carbons (Fsp3) is 0.429. The average Bonchev–Trinajstić information content (AvgIpc) is 3.15. The van der Waals surface area contributed by atoms with Crippen molar-refractivity contribution in [2.45, 2.75) is 42.6 Å². The summed E-state index contributed by atoms with van der Waals surface area (Å²) in [4.78, 5) is 19.3. The summed E-state index contributed by atoms with van der Waals surface area (Å²) in [5.74, 6) is 1.51. The molecular formula is C21H26N4OS. The lowest BCUT2D eigenvalue weighted by Crippen LogP contribution is -2.48. The van der Waals surface area contributed by atoms with E-state index in [1.165, 1.54) is 5.56 Å². The zero-order valence-electron chi connectivity index (χ0n) is 15.6. The van der Waals surface area contributed by atoms with E-state index in [0.29, 0.717) is 18.0 Å². The minimum atomic E-state index is 0.152. The number of piperidine rings is 1. The average molecular weight is 383 g/mol. The number of rotatable bonds is 5. The fourth-order valence-corrected chi connectivity index (χ4v) is 4.81. The Kier molecular flexibility index (Phi) is 5.76. The van der Waals surface area contributed by atoms with Gasteiger partial charge in [0.05, 0.1) is 5.03 Å². The predicted octanol–water partition coefficient (Wildman–Crippen LogP) is 3.09. The summed E-state index contributed by atoms with van der Waals surface area (Å²) in [6.45, 7) is 3.85. The van der Waals surface area contributed by atoms with Crippen molar-refractivity contribution in [2.24, 2.45) is 5.92 Å². The van der Waals surface area contributed by atoms with Gasteiger partial charge in [-0.05, 0) is 42.7 Å². The highest BCUT2D eigenvalue weighted by Gasteiger charge is 2.40. The molecule has 1 aromatic heterocycles. The van der Waals surface area contributed by atoms with Gasteiger partial charge in [-0.1, -0.05) is 25.1 Å². The Morgan fingerprint density at radius 3 is 2.81 bits per heavy atom. The Balaban J connectivity index is 1.36. The van der Waals surface area contributed by atoms with Gasteiger partial charge in [-0.2, -0.15) is 0 Å². The van der Waals surface area contributed by atoms with Crippen LogP contribution in [-0.2, 0) is 5.75 Å². The maximum atomic E-state index is 12.9. The van der Waals surface area contributed by atoms with E-state index < -0.39 is 0 Å². The van der Waals surface area contributed by atoms with Crippen molar-refractivity contribution in [3.05, 3.63) is 59.8 Å². The number of amides is 1. The first-order valence-electron chi connectivity index (χ1n) is 9.67. The van der Waals surface area contributed by atoms with Crippen molar-refractivity contribution >= 4 is 17.7 Å². The van der Waals surface area contributed by atoms with Crippen LogP contribution < -0.4 is 10.9 Å². The molecule has 1 aromatic carbocycles. The first-order valence-corrected chi connectivity index (χ1v) is 10.7. The number of hydrogen-bond donors (Lipinski definition) is 2. The Morgan fingerprint density at radius 1 is 1.22 bits per heavy atom. The molecule has 2 aliphatic heterocycles. The highest BCUT2D eigenvalue weighted by molar-refractivity contribution is 7.98. The number of hydrogen-bond acceptors (Lipinski definition) is 5. The van der Waals surface area contributed by atoms with Crippen LogP contribution in [0.3, 0.4) is 0 Å². The van der Waals surface area contributed by atoms with Crippen molar-refractivity contribution in [2.75, 3.05) is 13.1 Å². The van der Waals surface area contributed by atoms with Gasteiger partial charge in [0, 0.05) is 48.6 Å². The normalized spacial score (nSPS) is 24.6. The van der Waals surface area contributed by atoms with Gasteiger partial charge in [0.2, 0.25) is 0 Å². The molecule has 0 radical (unpaired) electrons. The largest absolute Gasteiger partial charge is 0.338 e. The molecule has 142 valence electrons. The molecule has 3 unspecified atom stereocenters. The Labute approximate surface area is 164 Å². The van der Waals surface area contributed by atoms with Gasteiger partial charge < -0.3 is 4.90 Å². The standard InChI is InChI=1S/C21H26N4OS/c1-2-18-17-13-25(12-10-19(17)24-23-18)21(26)16-8-6-15(7-9-16)14-27-20-5-3-4-11-22-20/h3-9,11,17-19,23-24H,2,10,12-14H2,1H3. The minimum absolute atomic E-state index is 0.152. The SMILES string of the molecule is CCC1NNC2CCN(C(=O)c3ccc(CSc4ccccn4)cc3)CC12. The van der Waals surface area contributed by atoms with E-state index in [0.717, 1.165) is 42.3 Å². The molecule has 4 rings (SSSR count). The van der Waals surface area contributed by atoms with Gasteiger partial charge >= 0.3 is 0 Å². The number of carbonyl (C=O) groups excluding carboxylic acids is 1.